The van der Waals surface area contributed by atoms with Crippen molar-refractivity contribution in [3.05, 3.63) is 42.0 Å². The number of aromatic nitrogens is 2. The summed E-state index contributed by atoms with van der Waals surface area (Å²) in [6.07, 6.45) is 1.45. The van der Waals surface area contributed by atoms with Crippen molar-refractivity contribution in [2.45, 2.75) is 6.92 Å². The molecule has 0 radical (unpaired) electrons. The summed E-state index contributed by atoms with van der Waals surface area (Å²) < 4.78 is 13.3. The second-order valence-electron chi connectivity index (χ2n) is 3.58. The average Bonchev–Trinajstić information content (AvgIpc) is 2.35. The molecule has 0 amide bonds. The van der Waals surface area contributed by atoms with Gasteiger partial charge in [-0.25, -0.2) is 14.4 Å². The van der Waals surface area contributed by atoms with E-state index in [-0.39, 0.29) is 5.82 Å². The van der Waals surface area contributed by atoms with Gasteiger partial charge < -0.3 is 10.6 Å². The van der Waals surface area contributed by atoms with Gasteiger partial charge in [-0.2, -0.15) is 0 Å². The van der Waals surface area contributed by atoms with E-state index < -0.39 is 0 Å². The number of halogens is 1. The van der Waals surface area contributed by atoms with Gasteiger partial charge in [-0.15, -0.1) is 0 Å². The maximum absolute atomic E-state index is 13.3. The van der Waals surface area contributed by atoms with Crippen LogP contribution >= 0.6 is 0 Å². The topological polar surface area (TPSA) is 49.8 Å². The van der Waals surface area contributed by atoms with Crippen LogP contribution in [0.1, 0.15) is 5.56 Å². The van der Waals surface area contributed by atoms with E-state index in [2.05, 4.69) is 20.6 Å². The third-order valence-corrected chi connectivity index (χ3v) is 2.45. The number of nitrogens with one attached hydrogen (secondary N) is 2. The van der Waals surface area contributed by atoms with Crippen LogP contribution in [0.4, 0.5) is 21.7 Å². The molecule has 1 aromatic carbocycles. The van der Waals surface area contributed by atoms with Gasteiger partial charge >= 0.3 is 0 Å². The quantitative estimate of drug-likeness (QED) is 0.854. The van der Waals surface area contributed by atoms with Crippen LogP contribution in [0.25, 0.3) is 0 Å². The lowest BCUT2D eigenvalue weighted by Crippen LogP contribution is -1.99. The Kier molecular flexibility index (Phi) is 3.18. The highest BCUT2D eigenvalue weighted by molar-refractivity contribution is 5.62. The van der Waals surface area contributed by atoms with Gasteiger partial charge in [0.1, 0.15) is 23.8 Å². The zero-order chi connectivity index (χ0) is 12.3. The van der Waals surface area contributed by atoms with Gasteiger partial charge in [-0.1, -0.05) is 6.07 Å². The van der Waals surface area contributed by atoms with E-state index >= 15 is 0 Å². The largest absolute Gasteiger partial charge is 0.373 e. The fraction of sp³-hybridized carbons (Fsp3) is 0.167. The van der Waals surface area contributed by atoms with E-state index in [1.807, 2.05) is 0 Å². The highest BCUT2D eigenvalue weighted by Gasteiger charge is 2.04. The first kappa shape index (κ1) is 11.3. The standard InChI is InChI=1S/C12H13FN4/c1-8-9(13)4-3-5-10(8)17-12-6-11(14-2)15-7-16-12/h3-7H,1-2H3,(H2,14,15,16,17). The number of anilines is 3. The molecule has 0 aliphatic heterocycles. The van der Waals surface area contributed by atoms with Crippen molar-refractivity contribution in [2.24, 2.45) is 0 Å². The fourth-order valence-electron chi connectivity index (χ4n) is 1.44. The molecule has 0 fully saturated rings. The molecule has 88 valence electrons. The molecule has 0 bridgehead atoms. The Hall–Kier alpha value is -2.17. The predicted molar refractivity (Wildman–Crippen MR) is 66.0 cm³/mol. The number of hydrogen-bond acceptors (Lipinski definition) is 4. The smallest absolute Gasteiger partial charge is 0.135 e. The molecule has 0 atom stereocenters. The lowest BCUT2D eigenvalue weighted by molar-refractivity contribution is 0.619. The molecule has 0 saturated carbocycles. The van der Waals surface area contributed by atoms with Crippen LogP contribution in [-0.4, -0.2) is 17.0 Å². The van der Waals surface area contributed by atoms with Crippen LogP contribution in [-0.2, 0) is 0 Å². The van der Waals surface area contributed by atoms with Crippen LogP contribution in [0.2, 0.25) is 0 Å². The molecule has 17 heavy (non-hydrogen) atoms. The third-order valence-electron chi connectivity index (χ3n) is 2.45. The van der Waals surface area contributed by atoms with Crippen molar-refractivity contribution >= 4 is 17.3 Å². The van der Waals surface area contributed by atoms with E-state index in [0.717, 1.165) is 0 Å². The second-order valence-corrected chi connectivity index (χ2v) is 3.58. The maximum atomic E-state index is 13.3. The molecule has 0 spiro atoms. The van der Waals surface area contributed by atoms with Crippen LogP contribution in [0.3, 0.4) is 0 Å². The molecule has 1 heterocycles. The minimum absolute atomic E-state index is 0.238. The van der Waals surface area contributed by atoms with E-state index in [0.29, 0.717) is 22.9 Å². The molecule has 5 heteroatoms. The summed E-state index contributed by atoms with van der Waals surface area (Å²) in [5.41, 5.74) is 1.27. The van der Waals surface area contributed by atoms with Crippen LogP contribution < -0.4 is 10.6 Å². The summed E-state index contributed by atoms with van der Waals surface area (Å²) in [6.45, 7) is 1.72. The van der Waals surface area contributed by atoms with Crippen LogP contribution in [0, 0.1) is 12.7 Å². The molecule has 0 unspecified atom stereocenters. The van der Waals surface area contributed by atoms with Gasteiger partial charge in [0.2, 0.25) is 0 Å². The van der Waals surface area contributed by atoms with Gasteiger partial charge in [-0.3, -0.25) is 0 Å². The second kappa shape index (κ2) is 4.78. The Morgan fingerprint density at radius 1 is 1.18 bits per heavy atom. The fourth-order valence-corrected chi connectivity index (χ4v) is 1.44. The highest BCUT2D eigenvalue weighted by Crippen LogP contribution is 2.21. The summed E-state index contributed by atoms with van der Waals surface area (Å²) in [5, 5.41) is 5.97. The van der Waals surface area contributed by atoms with Gasteiger partial charge in [0, 0.05) is 24.4 Å². The van der Waals surface area contributed by atoms with Crippen molar-refractivity contribution in [2.75, 3.05) is 17.7 Å². The van der Waals surface area contributed by atoms with E-state index in [9.17, 15) is 4.39 Å². The zero-order valence-electron chi connectivity index (χ0n) is 9.66. The van der Waals surface area contributed by atoms with E-state index in [1.54, 1.807) is 32.2 Å². The first-order valence-electron chi connectivity index (χ1n) is 5.22. The first-order valence-corrected chi connectivity index (χ1v) is 5.22. The number of hydrogen-bond donors (Lipinski definition) is 2. The number of benzene rings is 1. The molecule has 4 nitrogen and oxygen atoms in total. The molecule has 2 rings (SSSR count). The summed E-state index contributed by atoms with van der Waals surface area (Å²) in [5.74, 6) is 1.09. The SMILES string of the molecule is CNc1cc(Nc2cccc(F)c2C)ncn1. The minimum atomic E-state index is -0.238. The summed E-state index contributed by atoms with van der Waals surface area (Å²) in [4.78, 5) is 8.07. The van der Waals surface area contributed by atoms with E-state index in [1.165, 1.54) is 12.4 Å². The molecule has 0 aliphatic carbocycles. The zero-order valence-corrected chi connectivity index (χ0v) is 9.66. The molecule has 2 aromatic rings. The lowest BCUT2D eigenvalue weighted by Gasteiger charge is -2.09. The third kappa shape index (κ3) is 2.50. The molecular formula is C12H13FN4. The van der Waals surface area contributed by atoms with Crippen molar-refractivity contribution in [1.82, 2.24) is 9.97 Å². The highest BCUT2D eigenvalue weighted by atomic mass is 19.1. The van der Waals surface area contributed by atoms with Gasteiger partial charge in [0.05, 0.1) is 0 Å². The van der Waals surface area contributed by atoms with Crippen molar-refractivity contribution in [3.63, 3.8) is 0 Å². The summed E-state index contributed by atoms with van der Waals surface area (Å²) >= 11 is 0. The Morgan fingerprint density at radius 3 is 2.71 bits per heavy atom. The average molecular weight is 232 g/mol. The lowest BCUT2D eigenvalue weighted by atomic mass is 10.2. The summed E-state index contributed by atoms with van der Waals surface area (Å²) in [6, 6.07) is 6.65. The van der Waals surface area contributed by atoms with Gasteiger partial charge in [0.15, 0.2) is 0 Å². The van der Waals surface area contributed by atoms with Crippen LogP contribution in [0.5, 0.6) is 0 Å². The van der Waals surface area contributed by atoms with Gasteiger partial charge in [0.25, 0.3) is 0 Å². The van der Waals surface area contributed by atoms with Crippen molar-refractivity contribution < 1.29 is 4.39 Å². The maximum Gasteiger partial charge on any atom is 0.135 e. The number of nitrogens with zero attached hydrogens (tertiary/aromatic N) is 2. The Balaban J connectivity index is 2.28. The van der Waals surface area contributed by atoms with Gasteiger partial charge in [-0.05, 0) is 19.1 Å². The molecule has 0 saturated heterocycles. The minimum Gasteiger partial charge on any atom is -0.373 e. The number of rotatable bonds is 3. The Morgan fingerprint density at radius 2 is 1.94 bits per heavy atom. The predicted octanol–water partition coefficient (Wildman–Crippen LogP) is 2.71. The van der Waals surface area contributed by atoms with E-state index in [4.69, 9.17) is 0 Å². The molecule has 1 aromatic heterocycles. The molecule has 2 N–H and O–H groups in total. The Bertz CT molecular complexity index is 528. The summed E-state index contributed by atoms with van der Waals surface area (Å²) in [7, 11) is 1.78. The molecule has 0 aliphatic rings. The van der Waals surface area contributed by atoms with Crippen molar-refractivity contribution in [3.8, 4) is 0 Å². The van der Waals surface area contributed by atoms with Crippen molar-refractivity contribution in [1.29, 1.82) is 0 Å². The first-order chi connectivity index (χ1) is 8.20. The van der Waals surface area contributed by atoms with Crippen LogP contribution in [0.15, 0.2) is 30.6 Å². The Labute approximate surface area is 98.9 Å². The monoisotopic (exact) mass is 232 g/mol. The normalized spacial score (nSPS) is 10.1. The molecular weight excluding hydrogens is 219 g/mol.